The zero-order valence-corrected chi connectivity index (χ0v) is 13.0. The number of imidazole rings is 1. The highest BCUT2D eigenvalue weighted by Crippen LogP contribution is 2.34. The lowest BCUT2D eigenvalue weighted by Gasteiger charge is -2.37. The van der Waals surface area contributed by atoms with Crippen molar-refractivity contribution in [3.63, 3.8) is 0 Å². The lowest BCUT2D eigenvalue weighted by Crippen LogP contribution is -2.44. The number of hydrogen-bond acceptors (Lipinski definition) is 4. The molecule has 2 unspecified atom stereocenters. The molecule has 3 rings (SSSR count). The van der Waals surface area contributed by atoms with Gasteiger partial charge in [-0.15, -0.1) is 0 Å². The van der Waals surface area contributed by atoms with Gasteiger partial charge >= 0.3 is 6.09 Å². The summed E-state index contributed by atoms with van der Waals surface area (Å²) in [7, 11) is 2.06. The molecular formula is C15H24N4O2. The molecule has 21 heavy (non-hydrogen) atoms. The molecule has 1 saturated heterocycles. The highest BCUT2D eigenvalue weighted by atomic mass is 16.6. The Bertz CT molecular complexity index is 514. The summed E-state index contributed by atoms with van der Waals surface area (Å²) in [5.41, 5.74) is 2.15. The fraction of sp³-hybridized carbons (Fsp3) is 0.733. The second-order valence-corrected chi connectivity index (χ2v) is 6.46. The fourth-order valence-electron chi connectivity index (χ4n) is 3.39. The van der Waals surface area contributed by atoms with Crippen molar-refractivity contribution in [1.29, 1.82) is 0 Å². The second-order valence-electron chi connectivity index (χ2n) is 6.46. The molecule has 1 fully saturated rings. The lowest BCUT2D eigenvalue weighted by atomic mass is 9.94. The van der Waals surface area contributed by atoms with E-state index in [0.29, 0.717) is 12.5 Å². The molecule has 0 aromatic carbocycles. The Balaban J connectivity index is 1.73. The van der Waals surface area contributed by atoms with Crippen LogP contribution in [0, 0.1) is 5.92 Å². The van der Waals surface area contributed by atoms with Crippen LogP contribution in [0.3, 0.4) is 0 Å². The first kappa shape index (κ1) is 14.4. The number of rotatable bonds is 2. The molecule has 2 aliphatic rings. The molecule has 2 aliphatic heterocycles. The van der Waals surface area contributed by atoms with Crippen molar-refractivity contribution in [2.24, 2.45) is 5.92 Å². The monoisotopic (exact) mass is 292 g/mol. The number of aromatic amines is 1. The maximum absolute atomic E-state index is 12.6. The van der Waals surface area contributed by atoms with E-state index in [4.69, 9.17) is 4.74 Å². The van der Waals surface area contributed by atoms with Crippen molar-refractivity contribution in [2.75, 3.05) is 26.7 Å². The first-order valence-corrected chi connectivity index (χ1v) is 7.74. The van der Waals surface area contributed by atoms with Gasteiger partial charge in [0.1, 0.15) is 6.10 Å². The first-order valence-electron chi connectivity index (χ1n) is 7.74. The number of amides is 1. The first-order chi connectivity index (χ1) is 10.1. The van der Waals surface area contributed by atoms with E-state index in [1.807, 2.05) is 4.90 Å². The van der Waals surface area contributed by atoms with Crippen molar-refractivity contribution in [1.82, 2.24) is 19.8 Å². The number of carbonyl (C=O) groups excluding carboxylic acids is 1. The number of nitrogens with one attached hydrogen (secondary N) is 1. The molecule has 0 spiro atoms. The number of likely N-dealkylation sites (tertiary alicyclic amines) is 1. The van der Waals surface area contributed by atoms with Crippen LogP contribution >= 0.6 is 0 Å². The van der Waals surface area contributed by atoms with Crippen LogP contribution in [0.1, 0.15) is 37.7 Å². The Morgan fingerprint density at radius 2 is 2.29 bits per heavy atom. The number of ether oxygens (including phenoxy) is 1. The van der Waals surface area contributed by atoms with Gasteiger partial charge < -0.3 is 14.6 Å². The number of fused-ring (bicyclic) bond motifs is 1. The highest BCUT2D eigenvalue weighted by molar-refractivity contribution is 5.69. The summed E-state index contributed by atoms with van der Waals surface area (Å²) < 4.78 is 5.70. The van der Waals surface area contributed by atoms with Crippen LogP contribution in [-0.4, -0.2) is 58.6 Å². The molecule has 1 aromatic rings. The zero-order chi connectivity index (χ0) is 15.0. The predicted octanol–water partition coefficient (Wildman–Crippen LogP) is 1.81. The molecule has 6 heteroatoms. The van der Waals surface area contributed by atoms with E-state index < -0.39 is 0 Å². The third kappa shape index (κ3) is 2.77. The van der Waals surface area contributed by atoms with Crippen LogP contribution in [0.2, 0.25) is 0 Å². The van der Waals surface area contributed by atoms with Gasteiger partial charge in [-0.2, -0.15) is 0 Å². The molecular weight excluding hydrogens is 268 g/mol. The summed E-state index contributed by atoms with van der Waals surface area (Å²) in [6.45, 7) is 6.77. The van der Waals surface area contributed by atoms with Gasteiger partial charge in [-0.3, -0.25) is 4.90 Å². The summed E-state index contributed by atoms with van der Waals surface area (Å²) >= 11 is 0. The van der Waals surface area contributed by atoms with Crippen LogP contribution in [-0.2, 0) is 11.2 Å². The number of H-pyrrole nitrogens is 1. The topological polar surface area (TPSA) is 61.5 Å². The molecule has 116 valence electrons. The fourth-order valence-corrected chi connectivity index (χ4v) is 3.39. The molecule has 1 aromatic heterocycles. The largest absolute Gasteiger partial charge is 0.445 e. The quantitative estimate of drug-likeness (QED) is 0.903. The highest BCUT2D eigenvalue weighted by Gasteiger charge is 2.37. The van der Waals surface area contributed by atoms with Gasteiger partial charge in [-0.25, -0.2) is 9.78 Å². The van der Waals surface area contributed by atoms with Crippen molar-refractivity contribution >= 4 is 6.09 Å². The predicted molar refractivity (Wildman–Crippen MR) is 79.0 cm³/mol. The van der Waals surface area contributed by atoms with Crippen LogP contribution in [0.15, 0.2) is 6.33 Å². The van der Waals surface area contributed by atoms with Gasteiger partial charge in [0.25, 0.3) is 0 Å². The Hall–Kier alpha value is -1.56. The second kappa shape index (κ2) is 5.67. The van der Waals surface area contributed by atoms with Crippen molar-refractivity contribution in [2.45, 2.75) is 38.8 Å². The molecule has 3 heterocycles. The van der Waals surface area contributed by atoms with Gasteiger partial charge in [-0.05, 0) is 19.4 Å². The summed E-state index contributed by atoms with van der Waals surface area (Å²) in [6.07, 6.45) is 3.30. The van der Waals surface area contributed by atoms with E-state index in [1.165, 1.54) is 0 Å². The van der Waals surface area contributed by atoms with Gasteiger partial charge in [0.05, 0.1) is 18.1 Å². The Labute approximate surface area is 125 Å². The number of hydrogen-bond donors (Lipinski definition) is 1. The summed E-state index contributed by atoms with van der Waals surface area (Å²) in [6, 6.07) is 0.00614. The van der Waals surface area contributed by atoms with E-state index in [1.54, 1.807) is 6.33 Å². The van der Waals surface area contributed by atoms with Gasteiger partial charge in [-0.1, -0.05) is 13.8 Å². The minimum atomic E-state index is -0.192. The lowest BCUT2D eigenvalue weighted by molar-refractivity contribution is 0.0428. The van der Waals surface area contributed by atoms with Crippen molar-refractivity contribution in [3.8, 4) is 0 Å². The van der Waals surface area contributed by atoms with Crippen LogP contribution in [0.25, 0.3) is 0 Å². The number of nitrogens with zero attached hydrogens (tertiary/aromatic N) is 3. The van der Waals surface area contributed by atoms with E-state index in [9.17, 15) is 4.79 Å². The molecule has 1 N–H and O–H groups in total. The molecule has 0 saturated carbocycles. The number of carbonyl (C=O) groups is 1. The van der Waals surface area contributed by atoms with Crippen molar-refractivity contribution < 1.29 is 9.53 Å². The van der Waals surface area contributed by atoms with Crippen molar-refractivity contribution in [3.05, 3.63) is 17.7 Å². The maximum Gasteiger partial charge on any atom is 0.410 e. The minimum Gasteiger partial charge on any atom is -0.445 e. The van der Waals surface area contributed by atoms with Crippen LogP contribution in [0.5, 0.6) is 0 Å². The zero-order valence-electron chi connectivity index (χ0n) is 13.0. The third-order valence-corrected chi connectivity index (χ3v) is 4.45. The SMILES string of the molecule is CC(C)C1c2nc[nH]c2CCN1C(=O)OC1CCN(C)C1. The molecule has 1 amide bonds. The minimum absolute atomic E-state index is 0.00614. The normalized spacial score (nSPS) is 26.2. The van der Waals surface area contributed by atoms with E-state index in [-0.39, 0.29) is 18.2 Å². The molecule has 2 atom stereocenters. The molecule has 0 bridgehead atoms. The summed E-state index contributed by atoms with van der Waals surface area (Å²) in [4.78, 5) is 24.2. The average molecular weight is 292 g/mol. The third-order valence-electron chi connectivity index (χ3n) is 4.45. The van der Waals surface area contributed by atoms with Gasteiger partial charge in [0.15, 0.2) is 0 Å². The van der Waals surface area contributed by atoms with Crippen LogP contribution < -0.4 is 0 Å². The Kier molecular flexibility index (Phi) is 3.89. The number of aromatic nitrogens is 2. The molecule has 0 radical (unpaired) electrons. The van der Waals surface area contributed by atoms with E-state index >= 15 is 0 Å². The standard InChI is InChI=1S/C15H24N4O2/c1-10(2)14-13-12(16-9-17-13)5-7-19(14)15(20)21-11-4-6-18(3)8-11/h9-11,14H,4-8H2,1-3H3,(H,16,17). The average Bonchev–Trinajstić information content (AvgIpc) is 3.05. The Morgan fingerprint density at radius 1 is 1.48 bits per heavy atom. The van der Waals surface area contributed by atoms with Crippen LogP contribution in [0.4, 0.5) is 4.79 Å². The van der Waals surface area contributed by atoms with Gasteiger partial charge in [0.2, 0.25) is 0 Å². The molecule has 0 aliphatic carbocycles. The maximum atomic E-state index is 12.6. The molecule has 6 nitrogen and oxygen atoms in total. The Morgan fingerprint density at radius 3 is 2.95 bits per heavy atom. The summed E-state index contributed by atoms with van der Waals surface area (Å²) in [5, 5.41) is 0. The van der Waals surface area contributed by atoms with Gasteiger partial charge in [0, 0.05) is 31.7 Å². The number of likely N-dealkylation sites (N-methyl/N-ethyl adjacent to an activating group) is 1. The van der Waals surface area contributed by atoms with E-state index in [2.05, 4.69) is 35.8 Å². The van der Waals surface area contributed by atoms with E-state index in [0.717, 1.165) is 37.3 Å². The smallest absolute Gasteiger partial charge is 0.410 e. The summed E-state index contributed by atoms with van der Waals surface area (Å²) in [5.74, 6) is 0.311.